The van der Waals surface area contributed by atoms with E-state index in [-0.39, 0.29) is 24.3 Å². The zero-order valence-corrected chi connectivity index (χ0v) is 18.5. The molecule has 1 aliphatic rings. The molecule has 1 saturated heterocycles. The summed E-state index contributed by atoms with van der Waals surface area (Å²) >= 11 is 0. The molecule has 4 rings (SSSR count). The number of aryl methyl sites for hydroxylation is 1. The van der Waals surface area contributed by atoms with E-state index in [4.69, 9.17) is 0 Å². The van der Waals surface area contributed by atoms with E-state index in [0.29, 0.717) is 37.3 Å². The number of amides is 3. The summed E-state index contributed by atoms with van der Waals surface area (Å²) < 4.78 is 0. The van der Waals surface area contributed by atoms with Gasteiger partial charge in [-0.25, -0.2) is 0 Å². The fraction of sp³-hybridized carbons (Fsp3) is 0.231. The maximum atomic E-state index is 12.7. The molecule has 0 bridgehead atoms. The van der Waals surface area contributed by atoms with Crippen LogP contribution in [0.4, 0.5) is 0 Å². The van der Waals surface area contributed by atoms with Crippen LogP contribution >= 0.6 is 0 Å². The van der Waals surface area contributed by atoms with Crippen molar-refractivity contribution in [2.24, 2.45) is 0 Å². The number of carbonyl (C=O) groups is 3. The highest BCUT2D eigenvalue weighted by Crippen LogP contribution is 2.17. The van der Waals surface area contributed by atoms with Crippen LogP contribution in [0.5, 0.6) is 0 Å². The molecular weight excluding hydrogens is 416 g/mol. The lowest BCUT2D eigenvalue weighted by molar-refractivity contribution is -0.131. The molecule has 2 aromatic carbocycles. The van der Waals surface area contributed by atoms with Crippen molar-refractivity contribution in [1.82, 2.24) is 20.1 Å². The van der Waals surface area contributed by atoms with E-state index in [0.717, 1.165) is 16.8 Å². The Balaban J connectivity index is 1.26. The van der Waals surface area contributed by atoms with Gasteiger partial charge in [-0.15, -0.1) is 0 Å². The average molecular weight is 443 g/mol. The van der Waals surface area contributed by atoms with Crippen molar-refractivity contribution in [1.29, 1.82) is 0 Å². The number of nitrogens with one attached hydrogen (secondary N) is 1. The lowest BCUT2D eigenvalue weighted by Crippen LogP contribution is -2.52. The Hall–Kier alpha value is -4.00. The number of piperazine rings is 1. The van der Waals surface area contributed by atoms with Gasteiger partial charge >= 0.3 is 0 Å². The minimum atomic E-state index is -0.302. The normalized spacial score (nSPS) is 13.5. The molecule has 33 heavy (non-hydrogen) atoms. The van der Waals surface area contributed by atoms with Crippen molar-refractivity contribution in [3.8, 4) is 11.3 Å². The van der Waals surface area contributed by atoms with Gasteiger partial charge in [-0.05, 0) is 42.8 Å². The Labute approximate surface area is 193 Å². The number of aromatic nitrogens is 1. The molecule has 0 atom stereocenters. The SMILES string of the molecule is Cc1ccccc1C(=O)N1CCN(C(=O)CNC(=O)c2ccc(-c3ccccn3)cc2)CC1. The third-order valence-corrected chi connectivity index (χ3v) is 5.80. The second kappa shape index (κ2) is 10.1. The molecule has 2 heterocycles. The molecule has 0 aliphatic carbocycles. The van der Waals surface area contributed by atoms with Gasteiger partial charge in [0.15, 0.2) is 0 Å². The second-order valence-electron chi connectivity index (χ2n) is 7.96. The Morgan fingerprint density at radius 2 is 1.52 bits per heavy atom. The summed E-state index contributed by atoms with van der Waals surface area (Å²) in [6.45, 7) is 3.69. The summed E-state index contributed by atoms with van der Waals surface area (Å²) in [4.78, 5) is 45.5. The van der Waals surface area contributed by atoms with Crippen molar-refractivity contribution in [2.75, 3.05) is 32.7 Å². The summed E-state index contributed by atoms with van der Waals surface area (Å²) in [6.07, 6.45) is 1.72. The highest BCUT2D eigenvalue weighted by atomic mass is 16.2. The largest absolute Gasteiger partial charge is 0.343 e. The first-order valence-corrected chi connectivity index (χ1v) is 11.0. The van der Waals surface area contributed by atoms with Gasteiger partial charge in [0.2, 0.25) is 5.91 Å². The van der Waals surface area contributed by atoms with Gasteiger partial charge in [-0.3, -0.25) is 19.4 Å². The van der Waals surface area contributed by atoms with Crippen LogP contribution in [0, 0.1) is 6.92 Å². The van der Waals surface area contributed by atoms with E-state index < -0.39 is 0 Å². The van der Waals surface area contributed by atoms with E-state index in [2.05, 4.69) is 10.3 Å². The Morgan fingerprint density at radius 1 is 0.848 bits per heavy atom. The Kier molecular flexibility index (Phi) is 6.78. The van der Waals surface area contributed by atoms with E-state index in [1.54, 1.807) is 28.1 Å². The summed E-state index contributed by atoms with van der Waals surface area (Å²) in [5.74, 6) is -0.469. The third kappa shape index (κ3) is 5.26. The summed E-state index contributed by atoms with van der Waals surface area (Å²) in [5.41, 5.74) is 3.87. The van der Waals surface area contributed by atoms with Gasteiger partial charge in [-0.2, -0.15) is 0 Å². The predicted molar refractivity (Wildman–Crippen MR) is 126 cm³/mol. The molecule has 7 nitrogen and oxygen atoms in total. The molecule has 1 aromatic heterocycles. The molecule has 3 aromatic rings. The standard InChI is InChI=1S/C26H26N4O3/c1-19-6-2-3-7-22(19)26(33)30-16-14-29(15-17-30)24(31)18-28-25(32)21-11-9-20(10-12-21)23-8-4-5-13-27-23/h2-13H,14-18H2,1H3,(H,28,32). The zero-order valence-electron chi connectivity index (χ0n) is 18.5. The van der Waals surface area contributed by atoms with E-state index in [9.17, 15) is 14.4 Å². The molecule has 1 N–H and O–H groups in total. The highest BCUT2D eigenvalue weighted by Gasteiger charge is 2.25. The van der Waals surface area contributed by atoms with Crippen molar-refractivity contribution >= 4 is 17.7 Å². The van der Waals surface area contributed by atoms with Crippen LogP contribution in [-0.4, -0.2) is 65.2 Å². The fourth-order valence-corrected chi connectivity index (χ4v) is 3.84. The first kappa shape index (κ1) is 22.2. The van der Waals surface area contributed by atoms with Crippen LogP contribution in [0.2, 0.25) is 0 Å². The van der Waals surface area contributed by atoms with Crippen molar-refractivity contribution in [3.63, 3.8) is 0 Å². The summed E-state index contributed by atoms with van der Waals surface area (Å²) in [5, 5.41) is 2.70. The number of hydrogen-bond donors (Lipinski definition) is 1. The van der Waals surface area contributed by atoms with Gasteiger partial charge < -0.3 is 15.1 Å². The van der Waals surface area contributed by atoms with Gasteiger partial charge in [-0.1, -0.05) is 36.4 Å². The minimum absolute atomic E-state index is 0.0114. The van der Waals surface area contributed by atoms with E-state index >= 15 is 0 Å². The van der Waals surface area contributed by atoms with Gasteiger partial charge in [0, 0.05) is 49.1 Å². The number of hydrogen-bond acceptors (Lipinski definition) is 4. The second-order valence-corrected chi connectivity index (χ2v) is 7.96. The third-order valence-electron chi connectivity index (χ3n) is 5.80. The monoisotopic (exact) mass is 442 g/mol. The number of nitrogens with zero attached hydrogens (tertiary/aromatic N) is 3. The molecule has 0 saturated carbocycles. The zero-order chi connectivity index (χ0) is 23.2. The number of rotatable bonds is 5. The van der Waals surface area contributed by atoms with E-state index in [1.165, 1.54) is 0 Å². The van der Waals surface area contributed by atoms with Crippen LogP contribution in [0.1, 0.15) is 26.3 Å². The fourth-order valence-electron chi connectivity index (χ4n) is 3.84. The Bertz CT molecular complexity index is 1140. The van der Waals surface area contributed by atoms with Crippen LogP contribution in [-0.2, 0) is 4.79 Å². The molecule has 168 valence electrons. The van der Waals surface area contributed by atoms with Gasteiger partial charge in [0.1, 0.15) is 0 Å². The molecule has 0 spiro atoms. The number of benzene rings is 2. The maximum Gasteiger partial charge on any atom is 0.254 e. The maximum absolute atomic E-state index is 12.7. The molecule has 7 heteroatoms. The number of pyridine rings is 1. The predicted octanol–water partition coefficient (Wildman–Crippen LogP) is 2.77. The highest BCUT2D eigenvalue weighted by molar-refractivity contribution is 5.97. The summed E-state index contributed by atoms with van der Waals surface area (Å²) in [6, 6.07) is 20.3. The van der Waals surface area contributed by atoms with Gasteiger partial charge in [0.25, 0.3) is 11.8 Å². The average Bonchev–Trinajstić information content (AvgIpc) is 2.87. The van der Waals surface area contributed by atoms with Crippen molar-refractivity contribution in [3.05, 3.63) is 89.6 Å². The quantitative estimate of drug-likeness (QED) is 0.659. The first-order valence-electron chi connectivity index (χ1n) is 11.0. The van der Waals surface area contributed by atoms with Crippen LogP contribution in [0.25, 0.3) is 11.3 Å². The van der Waals surface area contributed by atoms with Crippen molar-refractivity contribution in [2.45, 2.75) is 6.92 Å². The molecule has 1 fully saturated rings. The van der Waals surface area contributed by atoms with Gasteiger partial charge in [0.05, 0.1) is 12.2 Å². The van der Waals surface area contributed by atoms with Crippen LogP contribution in [0.3, 0.4) is 0 Å². The topological polar surface area (TPSA) is 82.6 Å². The lowest BCUT2D eigenvalue weighted by atomic mass is 10.1. The first-order chi connectivity index (χ1) is 16.0. The molecule has 1 aliphatic heterocycles. The number of carbonyl (C=O) groups excluding carboxylic acids is 3. The lowest BCUT2D eigenvalue weighted by Gasteiger charge is -2.35. The van der Waals surface area contributed by atoms with Crippen LogP contribution < -0.4 is 5.32 Å². The smallest absolute Gasteiger partial charge is 0.254 e. The molecular formula is C26H26N4O3. The summed E-state index contributed by atoms with van der Waals surface area (Å²) in [7, 11) is 0. The Morgan fingerprint density at radius 3 is 2.18 bits per heavy atom. The molecule has 0 unspecified atom stereocenters. The minimum Gasteiger partial charge on any atom is -0.343 e. The van der Waals surface area contributed by atoms with Crippen LogP contribution in [0.15, 0.2) is 72.9 Å². The van der Waals surface area contributed by atoms with E-state index in [1.807, 2.05) is 61.5 Å². The molecule has 3 amide bonds. The molecule has 0 radical (unpaired) electrons. The van der Waals surface area contributed by atoms with Crippen molar-refractivity contribution < 1.29 is 14.4 Å².